The lowest BCUT2D eigenvalue weighted by atomic mass is 10.2. The first-order valence-corrected chi connectivity index (χ1v) is 11.8. The zero-order chi connectivity index (χ0) is 21.0. The van der Waals surface area contributed by atoms with Crippen molar-refractivity contribution in [3.8, 4) is 5.75 Å². The summed E-state index contributed by atoms with van der Waals surface area (Å²) >= 11 is 7.66. The number of halogens is 1. The molecule has 1 N–H and O–H groups in total. The zero-order valence-corrected chi connectivity index (χ0v) is 18.4. The van der Waals surface area contributed by atoms with Crippen LogP contribution in [0, 0.1) is 0 Å². The molecule has 0 aliphatic carbocycles. The van der Waals surface area contributed by atoms with Gasteiger partial charge in [0.25, 0.3) is 5.91 Å². The number of methoxy groups -OCH3 is 1. The number of rotatable bonds is 6. The van der Waals surface area contributed by atoms with Crippen molar-refractivity contribution < 1.29 is 22.7 Å². The maximum atomic E-state index is 12.9. The summed E-state index contributed by atoms with van der Waals surface area (Å²) in [6, 6.07) is 9.53. The van der Waals surface area contributed by atoms with Gasteiger partial charge >= 0.3 is 0 Å². The van der Waals surface area contributed by atoms with Crippen LogP contribution in [0.15, 0.2) is 46.2 Å². The summed E-state index contributed by atoms with van der Waals surface area (Å²) in [7, 11) is -2.26. The number of morpholine rings is 1. The van der Waals surface area contributed by atoms with Gasteiger partial charge in [-0.1, -0.05) is 11.6 Å². The van der Waals surface area contributed by atoms with E-state index < -0.39 is 15.9 Å². The van der Waals surface area contributed by atoms with E-state index in [2.05, 4.69) is 5.32 Å². The van der Waals surface area contributed by atoms with Crippen LogP contribution in [0.4, 0.5) is 5.69 Å². The lowest BCUT2D eigenvalue weighted by molar-refractivity contribution is 0.0730. The number of amides is 1. The van der Waals surface area contributed by atoms with E-state index in [-0.39, 0.29) is 23.7 Å². The lowest BCUT2D eigenvalue weighted by Crippen LogP contribution is -2.40. The normalized spacial score (nSPS) is 15.1. The molecule has 1 aliphatic heterocycles. The number of hydrogen-bond acceptors (Lipinski definition) is 6. The Balaban J connectivity index is 1.93. The van der Waals surface area contributed by atoms with Crippen LogP contribution in [-0.2, 0) is 14.8 Å². The summed E-state index contributed by atoms with van der Waals surface area (Å²) in [5, 5.41) is 3.02. The number of benzene rings is 2. The molecule has 1 heterocycles. The van der Waals surface area contributed by atoms with Crippen molar-refractivity contribution >= 4 is 45.0 Å². The number of nitrogens with zero attached hydrogens (tertiary/aromatic N) is 1. The van der Waals surface area contributed by atoms with Crippen molar-refractivity contribution in [2.75, 3.05) is 45.0 Å². The van der Waals surface area contributed by atoms with Crippen LogP contribution in [0.5, 0.6) is 5.75 Å². The van der Waals surface area contributed by atoms with Gasteiger partial charge < -0.3 is 14.8 Å². The molecule has 1 amide bonds. The predicted octanol–water partition coefficient (Wildman–Crippen LogP) is 3.34. The molecular weight excluding hydrogens is 436 g/mol. The molecule has 0 bridgehead atoms. The smallest absolute Gasteiger partial charge is 0.257 e. The number of sulfonamides is 1. The number of anilines is 1. The van der Waals surface area contributed by atoms with Crippen LogP contribution >= 0.6 is 23.4 Å². The van der Waals surface area contributed by atoms with Crippen LogP contribution < -0.4 is 10.1 Å². The largest absolute Gasteiger partial charge is 0.495 e. The fourth-order valence-electron chi connectivity index (χ4n) is 2.88. The van der Waals surface area contributed by atoms with Gasteiger partial charge in [0.15, 0.2) is 0 Å². The molecule has 0 radical (unpaired) electrons. The van der Waals surface area contributed by atoms with Crippen LogP contribution in [0.2, 0.25) is 5.02 Å². The fourth-order valence-corrected chi connectivity index (χ4v) is 4.95. The van der Waals surface area contributed by atoms with Crippen LogP contribution in [0.1, 0.15) is 10.4 Å². The van der Waals surface area contributed by atoms with E-state index in [0.717, 1.165) is 4.90 Å². The first kappa shape index (κ1) is 21.9. The first-order chi connectivity index (χ1) is 13.9. The van der Waals surface area contributed by atoms with E-state index in [0.29, 0.717) is 29.5 Å². The van der Waals surface area contributed by atoms with Gasteiger partial charge in [-0.3, -0.25) is 4.79 Å². The molecule has 1 aliphatic rings. The highest BCUT2D eigenvalue weighted by atomic mass is 35.5. The van der Waals surface area contributed by atoms with Crippen LogP contribution in [0.25, 0.3) is 0 Å². The van der Waals surface area contributed by atoms with E-state index in [9.17, 15) is 13.2 Å². The number of ether oxygens (including phenoxy) is 2. The Morgan fingerprint density at radius 1 is 1.21 bits per heavy atom. The Bertz CT molecular complexity index is 1010. The van der Waals surface area contributed by atoms with Gasteiger partial charge in [-0.05, 0) is 42.7 Å². The maximum absolute atomic E-state index is 12.9. The number of nitrogens with one attached hydrogen (secondary N) is 1. The average Bonchev–Trinajstić information content (AvgIpc) is 2.74. The van der Waals surface area contributed by atoms with E-state index >= 15 is 0 Å². The van der Waals surface area contributed by atoms with Crippen molar-refractivity contribution in [1.29, 1.82) is 0 Å². The third kappa shape index (κ3) is 4.87. The highest BCUT2D eigenvalue weighted by molar-refractivity contribution is 7.98. The maximum Gasteiger partial charge on any atom is 0.257 e. The molecule has 0 saturated carbocycles. The van der Waals surface area contributed by atoms with Crippen molar-refractivity contribution in [3.63, 3.8) is 0 Å². The van der Waals surface area contributed by atoms with Crippen molar-refractivity contribution in [2.45, 2.75) is 9.79 Å². The Morgan fingerprint density at radius 2 is 1.93 bits per heavy atom. The second-order valence-electron chi connectivity index (χ2n) is 6.18. The Morgan fingerprint density at radius 3 is 2.59 bits per heavy atom. The summed E-state index contributed by atoms with van der Waals surface area (Å²) < 4.78 is 37.7. The second-order valence-corrected chi connectivity index (χ2v) is 9.40. The van der Waals surface area contributed by atoms with Gasteiger partial charge in [0.1, 0.15) is 5.75 Å². The van der Waals surface area contributed by atoms with Gasteiger partial charge in [0.05, 0.1) is 41.5 Å². The molecule has 2 aromatic carbocycles. The monoisotopic (exact) mass is 456 g/mol. The third-order valence-corrected chi connectivity index (χ3v) is 7.39. The molecule has 1 saturated heterocycles. The average molecular weight is 457 g/mol. The molecule has 0 aromatic heterocycles. The predicted molar refractivity (Wildman–Crippen MR) is 114 cm³/mol. The number of carbonyl (C=O) groups excluding carboxylic acids is 1. The molecule has 7 nitrogen and oxygen atoms in total. The quantitative estimate of drug-likeness (QED) is 0.671. The topological polar surface area (TPSA) is 84.9 Å². The Hall–Kier alpha value is -1.78. The summed E-state index contributed by atoms with van der Waals surface area (Å²) in [6.45, 7) is 1.27. The molecule has 0 unspecified atom stereocenters. The third-order valence-electron chi connectivity index (χ3n) is 4.45. The van der Waals surface area contributed by atoms with E-state index in [1.807, 2.05) is 12.3 Å². The molecule has 10 heteroatoms. The lowest BCUT2D eigenvalue weighted by Gasteiger charge is -2.26. The molecule has 3 rings (SSSR count). The number of hydrogen-bond donors (Lipinski definition) is 1. The minimum absolute atomic E-state index is 0.0689. The molecule has 0 atom stereocenters. The Labute approximate surface area is 179 Å². The minimum atomic E-state index is -3.71. The van der Waals surface area contributed by atoms with Crippen molar-refractivity contribution in [3.05, 3.63) is 47.0 Å². The molecular formula is C19H21ClN2O5S2. The summed E-state index contributed by atoms with van der Waals surface area (Å²) in [5.74, 6) is -0.110. The van der Waals surface area contributed by atoms with Gasteiger partial charge in [0, 0.05) is 18.0 Å². The highest BCUT2D eigenvalue weighted by Gasteiger charge is 2.27. The van der Waals surface area contributed by atoms with Gasteiger partial charge in [-0.15, -0.1) is 11.8 Å². The van der Waals surface area contributed by atoms with Crippen LogP contribution in [0.3, 0.4) is 0 Å². The molecule has 2 aromatic rings. The van der Waals surface area contributed by atoms with E-state index in [1.54, 1.807) is 12.1 Å². The molecule has 1 fully saturated rings. The zero-order valence-electron chi connectivity index (χ0n) is 16.0. The first-order valence-electron chi connectivity index (χ1n) is 8.77. The molecule has 29 heavy (non-hydrogen) atoms. The number of thioether (sulfide) groups is 1. The Kier molecular flexibility index (Phi) is 7.07. The highest BCUT2D eigenvalue weighted by Crippen LogP contribution is 2.31. The van der Waals surface area contributed by atoms with Gasteiger partial charge in [-0.2, -0.15) is 4.31 Å². The van der Waals surface area contributed by atoms with Crippen molar-refractivity contribution in [1.82, 2.24) is 4.31 Å². The van der Waals surface area contributed by atoms with Gasteiger partial charge in [-0.25, -0.2) is 8.42 Å². The van der Waals surface area contributed by atoms with E-state index in [4.69, 9.17) is 21.1 Å². The van der Waals surface area contributed by atoms with Gasteiger partial charge in [0.2, 0.25) is 10.0 Å². The minimum Gasteiger partial charge on any atom is -0.495 e. The second kappa shape index (κ2) is 9.36. The van der Waals surface area contributed by atoms with Crippen LogP contribution in [-0.4, -0.2) is 58.3 Å². The SMILES string of the molecule is COc1ccc(S(=O)(=O)N2CCOCC2)cc1NC(=O)c1cc(SC)ccc1Cl. The molecule has 156 valence electrons. The summed E-state index contributed by atoms with van der Waals surface area (Å²) in [4.78, 5) is 13.8. The summed E-state index contributed by atoms with van der Waals surface area (Å²) in [6.07, 6.45) is 1.90. The number of carbonyl (C=O) groups is 1. The van der Waals surface area contributed by atoms with Crippen molar-refractivity contribution in [2.24, 2.45) is 0 Å². The summed E-state index contributed by atoms with van der Waals surface area (Å²) in [5.41, 5.74) is 0.541. The fraction of sp³-hybridized carbons (Fsp3) is 0.316. The molecule has 0 spiro atoms. The standard InChI is InChI=1S/C19H21ClN2O5S2/c1-26-18-6-4-14(29(24,25)22-7-9-27-10-8-22)12-17(18)21-19(23)15-11-13(28-2)3-5-16(15)20/h3-6,11-12H,7-10H2,1-2H3,(H,21,23). The van der Waals surface area contributed by atoms with E-state index in [1.165, 1.54) is 41.4 Å².